The van der Waals surface area contributed by atoms with E-state index in [1.165, 1.54) is 6.07 Å². The van der Waals surface area contributed by atoms with E-state index in [2.05, 4.69) is 4.90 Å². The van der Waals surface area contributed by atoms with Crippen LogP contribution < -0.4 is 0 Å². The van der Waals surface area contributed by atoms with E-state index in [0.29, 0.717) is 49.6 Å². The lowest BCUT2D eigenvalue weighted by atomic mass is 9.97. The first-order valence-electron chi connectivity index (χ1n) is 8.04. The second-order valence-electron chi connectivity index (χ2n) is 6.23. The molecule has 1 aliphatic rings. The Balaban J connectivity index is 1.66. The second-order valence-corrected chi connectivity index (χ2v) is 6.23. The Labute approximate surface area is 142 Å². The molecule has 0 unspecified atom stereocenters. The topological polar surface area (TPSA) is 53.7 Å². The molecule has 0 bridgehead atoms. The first kappa shape index (κ1) is 17.5. The van der Waals surface area contributed by atoms with E-state index in [-0.39, 0.29) is 5.92 Å². The van der Waals surface area contributed by atoms with Gasteiger partial charge in [-0.1, -0.05) is 12.1 Å². The fourth-order valence-corrected chi connectivity index (χ4v) is 3.03. The Hall–Kier alpha value is -2.28. The van der Waals surface area contributed by atoms with Crippen LogP contribution in [-0.4, -0.2) is 29.1 Å². The Morgan fingerprint density at radius 2 is 1.92 bits per heavy atom. The summed E-state index contributed by atoms with van der Waals surface area (Å²) in [6, 6.07) is 8.45. The molecule has 25 heavy (non-hydrogen) atoms. The van der Waals surface area contributed by atoms with E-state index in [4.69, 9.17) is 9.52 Å². The number of carboxylic acids is 1. The van der Waals surface area contributed by atoms with E-state index in [1.807, 2.05) is 0 Å². The highest BCUT2D eigenvalue weighted by atomic mass is 19.4. The maximum Gasteiger partial charge on any atom is 0.416 e. The number of carbonyl (C=O) groups is 1. The predicted molar refractivity (Wildman–Crippen MR) is 84.8 cm³/mol. The summed E-state index contributed by atoms with van der Waals surface area (Å²) in [5.41, 5.74) is -0.329. The van der Waals surface area contributed by atoms with Gasteiger partial charge in [0.15, 0.2) is 0 Å². The third-order valence-corrected chi connectivity index (χ3v) is 4.45. The Morgan fingerprint density at radius 1 is 1.20 bits per heavy atom. The summed E-state index contributed by atoms with van der Waals surface area (Å²) in [5, 5.41) is 9.01. The van der Waals surface area contributed by atoms with E-state index in [9.17, 15) is 18.0 Å². The Bertz CT molecular complexity index is 746. The van der Waals surface area contributed by atoms with Crippen LogP contribution in [0.15, 0.2) is 40.8 Å². The molecule has 1 aromatic heterocycles. The first-order chi connectivity index (χ1) is 11.8. The maximum atomic E-state index is 12.8. The van der Waals surface area contributed by atoms with Crippen LogP contribution in [-0.2, 0) is 17.5 Å². The summed E-state index contributed by atoms with van der Waals surface area (Å²) < 4.78 is 44.1. The Morgan fingerprint density at radius 3 is 2.56 bits per heavy atom. The van der Waals surface area contributed by atoms with Crippen molar-refractivity contribution in [2.45, 2.75) is 25.6 Å². The van der Waals surface area contributed by atoms with Gasteiger partial charge in [0.05, 0.1) is 18.0 Å². The van der Waals surface area contributed by atoms with Gasteiger partial charge in [-0.15, -0.1) is 0 Å². The van der Waals surface area contributed by atoms with Crippen LogP contribution in [0.2, 0.25) is 0 Å². The molecule has 1 aliphatic heterocycles. The molecule has 1 fully saturated rings. The fraction of sp³-hybridized carbons (Fsp3) is 0.389. The number of furan rings is 1. The standard InChI is InChI=1S/C18H18F3NO3/c19-18(20,21)14-3-1-2-13(10-14)16-5-4-15(25-16)11-22-8-6-12(7-9-22)17(23)24/h1-5,10,12H,6-9,11H2,(H,23,24). The lowest BCUT2D eigenvalue weighted by Crippen LogP contribution is -2.35. The van der Waals surface area contributed by atoms with Crippen molar-refractivity contribution >= 4 is 5.97 Å². The molecule has 7 heteroatoms. The smallest absolute Gasteiger partial charge is 0.416 e. The molecular weight excluding hydrogens is 335 g/mol. The number of nitrogens with zero attached hydrogens (tertiary/aromatic N) is 1. The summed E-state index contributed by atoms with van der Waals surface area (Å²) in [6.45, 7) is 1.85. The summed E-state index contributed by atoms with van der Waals surface area (Å²) in [7, 11) is 0. The number of carboxylic acid groups (broad SMARTS) is 1. The van der Waals surface area contributed by atoms with Gasteiger partial charge in [0.2, 0.25) is 0 Å². The van der Waals surface area contributed by atoms with Gasteiger partial charge in [-0.05, 0) is 50.2 Å². The van der Waals surface area contributed by atoms with Gasteiger partial charge >= 0.3 is 12.1 Å². The van der Waals surface area contributed by atoms with Crippen LogP contribution in [0.3, 0.4) is 0 Å². The lowest BCUT2D eigenvalue weighted by Gasteiger charge is -2.29. The van der Waals surface area contributed by atoms with Crippen molar-refractivity contribution in [3.8, 4) is 11.3 Å². The number of piperidine rings is 1. The molecule has 4 nitrogen and oxygen atoms in total. The molecule has 1 aromatic carbocycles. The zero-order chi connectivity index (χ0) is 18.0. The molecule has 0 aliphatic carbocycles. The molecule has 1 saturated heterocycles. The van der Waals surface area contributed by atoms with Crippen molar-refractivity contribution in [3.05, 3.63) is 47.7 Å². The minimum absolute atomic E-state index is 0.298. The van der Waals surface area contributed by atoms with Crippen molar-refractivity contribution in [1.29, 1.82) is 0 Å². The summed E-state index contributed by atoms with van der Waals surface area (Å²) >= 11 is 0. The highest BCUT2D eigenvalue weighted by Crippen LogP contribution is 2.33. The van der Waals surface area contributed by atoms with Crippen molar-refractivity contribution < 1.29 is 27.5 Å². The fourth-order valence-electron chi connectivity index (χ4n) is 3.03. The number of hydrogen-bond donors (Lipinski definition) is 1. The molecule has 0 saturated carbocycles. The second kappa shape index (κ2) is 6.92. The summed E-state index contributed by atoms with van der Waals surface area (Å²) in [5.74, 6) is -0.0132. The van der Waals surface area contributed by atoms with Crippen molar-refractivity contribution in [2.75, 3.05) is 13.1 Å². The summed E-state index contributed by atoms with van der Waals surface area (Å²) in [4.78, 5) is 13.1. The Kier molecular flexibility index (Phi) is 4.85. The number of benzene rings is 1. The highest BCUT2D eigenvalue weighted by molar-refractivity contribution is 5.70. The molecule has 2 heterocycles. The normalized spacial score (nSPS) is 16.9. The zero-order valence-corrected chi connectivity index (χ0v) is 13.4. The van der Waals surface area contributed by atoms with Gasteiger partial charge in [-0.25, -0.2) is 0 Å². The van der Waals surface area contributed by atoms with Gasteiger partial charge in [-0.3, -0.25) is 9.69 Å². The van der Waals surface area contributed by atoms with Crippen LogP contribution in [0.1, 0.15) is 24.2 Å². The minimum Gasteiger partial charge on any atom is -0.481 e. The molecular formula is C18H18F3NO3. The van der Waals surface area contributed by atoms with E-state index in [1.54, 1.807) is 18.2 Å². The number of hydrogen-bond acceptors (Lipinski definition) is 3. The van der Waals surface area contributed by atoms with Gasteiger partial charge in [-0.2, -0.15) is 13.2 Å². The predicted octanol–water partition coefficient (Wildman–Crippen LogP) is 4.26. The van der Waals surface area contributed by atoms with E-state index >= 15 is 0 Å². The maximum absolute atomic E-state index is 12.8. The average molecular weight is 353 g/mol. The van der Waals surface area contributed by atoms with Crippen LogP contribution in [0.25, 0.3) is 11.3 Å². The number of aliphatic carboxylic acids is 1. The molecule has 134 valence electrons. The van der Waals surface area contributed by atoms with Gasteiger partial charge in [0.1, 0.15) is 11.5 Å². The first-order valence-corrected chi connectivity index (χ1v) is 8.04. The largest absolute Gasteiger partial charge is 0.481 e. The van der Waals surface area contributed by atoms with Crippen molar-refractivity contribution in [2.24, 2.45) is 5.92 Å². The van der Waals surface area contributed by atoms with Gasteiger partial charge in [0.25, 0.3) is 0 Å². The molecule has 1 N–H and O–H groups in total. The summed E-state index contributed by atoms with van der Waals surface area (Å²) in [6.07, 6.45) is -3.20. The SMILES string of the molecule is O=C(O)C1CCN(Cc2ccc(-c3cccc(C(F)(F)F)c3)o2)CC1. The lowest BCUT2D eigenvalue weighted by molar-refractivity contribution is -0.143. The number of likely N-dealkylation sites (tertiary alicyclic amines) is 1. The van der Waals surface area contributed by atoms with Crippen LogP contribution in [0.4, 0.5) is 13.2 Å². The molecule has 0 spiro atoms. The molecule has 0 amide bonds. The quantitative estimate of drug-likeness (QED) is 0.892. The molecule has 3 rings (SSSR count). The van der Waals surface area contributed by atoms with E-state index in [0.717, 1.165) is 12.1 Å². The third kappa shape index (κ3) is 4.22. The number of halogens is 3. The molecule has 0 atom stereocenters. The van der Waals surface area contributed by atoms with Crippen molar-refractivity contribution in [3.63, 3.8) is 0 Å². The third-order valence-electron chi connectivity index (χ3n) is 4.45. The van der Waals surface area contributed by atoms with Crippen LogP contribution in [0.5, 0.6) is 0 Å². The average Bonchev–Trinajstić information content (AvgIpc) is 3.03. The van der Waals surface area contributed by atoms with Crippen LogP contribution in [0, 0.1) is 5.92 Å². The van der Waals surface area contributed by atoms with E-state index < -0.39 is 17.7 Å². The van der Waals surface area contributed by atoms with Gasteiger partial charge in [0, 0.05) is 5.56 Å². The molecule has 0 radical (unpaired) electrons. The molecule has 2 aromatic rings. The van der Waals surface area contributed by atoms with Gasteiger partial charge < -0.3 is 9.52 Å². The number of alkyl halides is 3. The van der Waals surface area contributed by atoms with Crippen molar-refractivity contribution in [1.82, 2.24) is 4.90 Å². The minimum atomic E-state index is -4.39. The zero-order valence-electron chi connectivity index (χ0n) is 13.4. The van der Waals surface area contributed by atoms with Crippen LogP contribution >= 0.6 is 0 Å². The highest BCUT2D eigenvalue weighted by Gasteiger charge is 2.30. The monoisotopic (exact) mass is 353 g/mol. The number of rotatable bonds is 4.